The van der Waals surface area contributed by atoms with E-state index in [9.17, 15) is 13.2 Å². The van der Waals surface area contributed by atoms with Crippen LogP contribution in [0.4, 0.5) is 5.69 Å². The molecule has 5 nitrogen and oxygen atoms in total. The molecule has 0 aliphatic carbocycles. The molecular weight excluding hydrogens is 216 g/mol. The van der Waals surface area contributed by atoms with Crippen LogP contribution in [0, 0.1) is 0 Å². The highest BCUT2D eigenvalue weighted by atomic mass is 32.2. The van der Waals surface area contributed by atoms with E-state index in [1.807, 2.05) is 0 Å². The Balaban J connectivity index is 3.17. The summed E-state index contributed by atoms with van der Waals surface area (Å²) >= 11 is 0. The molecule has 0 bridgehead atoms. The van der Waals surface area contributed by atoms with Gasteiger partial charge in [-0.05, 0) is 18.2 Å². The fraction of sp³-hybridized carbons (Fsp3) is 0.222. The SMILES string of the molecule is CN(c1cccc(C(N)=O)c1)S(C)(=O)=O. The van der Waals surface area contributed by atoms with Crippen LogP contribution in [-0.2, 0) is 10.0 Å². The van der Waals surface area contributed by atoms with E-state index in [0.29, 0.717) is 5.69 Å². The Morgan fingerprint density at radius 2 is 2.00 bits per heavy atom. The average Bonchev–Trinajstić information content (AvgIpc) is 2.15. The third-order valence-corrected chi connectivity index (χ3v) is 3.20. The molecule has 6 heteroatoms. The number of amides is 1. The lowest BCUT2D eigenvalue weighted by molar-refractivity contribution is 0.100. The molecule has 0 saturated heterocycles. The van der Waals surface area contributed by atoms with Crippen molar-refractivity contribution in [1.29, 1.82) is 0 Å². The van der Waals surface area contributed by atoms with Gasteiger partial charge in [-0.2, -0.15) is 0 Å². The van der Waals surface area contributed by atoms with Gasteiger partial charge in [0.05, 0.1) is 11.9 Å². The number of sulfonamides is 1. The maximum atomic E-state index is 11.2. The van der Waals surface area contributed by atoms with Gasteiger partial charge in [-0.15, -0.1) is 0 Å². The summed E-state index contributed by atoms with van der Waals surface area (Å²) in [6.07, 6.45) is 1.09. The zero-order valence-corrected chi connectivity index (χ0v) is 9.28. The van der Waals surface area contributed by atoms with E-state index in [-0.39, 0.29) is 5.56 Å². The lowest BCUT2D eigenvalue weighted by Gasteiger charge is -2.16. The highest BCUT2D eigenvalue weighted by Gasteiger charge is 2.12. The van der Waals surface area contributed by atoms with Gasteiger partial charge in [-0.25, -0.2) is 8.42 Å². The summed E-state index contributed by atoms with van der Waals surface area (Å²) in [7, 11) is -1.90. The smallest absolute Gasteiger partial charge is 0.248 e. The van der Waals surface area contributed by atoms with Gasteiger partial charge < -0.3 is 5.73 Å². The second kappa shape index (κ2) is 3.90. The molecular formula is C9H12N2O3S. The Hall–Kier alpha value is -1.56. The van der Waals surface area contributed by atoms with Gasteiger partial charge in [0.25, 0.3) is 0 Å². The Kier molecular flexibility index (Phi) is 2.99. The normalized spacial score (nSPS) is 11.1. The molecule has 0 aromatic heterocycles. The van der Waals surface area contributed by atoms with Gasteiger partial charge in [0.15, 0.2) is 0 Å². The Morgan fingerprint density at radius 1 is 1.40 bits per heavy atom. The number of carbonyl (C=O) groups is 1. The van der Waals surface area contributed by atoms with E-state index in [1.54, 1.807) is 12.1 Å². The number of carbonyl (C=O) groups excluding carboxylic acids is 1. The topological polar surface area (TPSA) is 80.5 Å². The molecule has 82 valence electrons. The summed E-state index contributed by atoms with van der Waals surface area (Å²) in [5, 5.41) is 0. The van der Waals surface area contributed by atoms with E-state index >= 15 is 0 Å². The van der Waals surface area contributed by atoms with E-state index in [0.717, 1.165) is 10.6 Å². The molecule has 0 heterocycles. The first kappa shape index (κ1) is 11.5. The summed E-state index contributed by atoms with van der Waals surface area (Å²) in [6, 6.07) is 6.13. The van der Waals surface area contributed by atoms with Gasteiger partial charge in [-0.1, -0.05) is 6.07 Å². The van der Waals surface area contributed by atoms with Crippen molar-refractivity contribution in [1.82, 2.24) is 0 Å². The minimum atomic E-state index is -3.32. The largest absolute Gasteiger partial charge is 0.366 e. The molecule has 0 aliphatic rings. The van der Waals surface area contributed by atoms with Crippen LogP contribution in [0.15, 0.2) is 24.3 Å². The molecule has 0 fully saturated rings. The Labute approximate surface area is 88.5 Å². The summed E-state index contributed by atoms with van der Waals surface area (Å²) in [5.41, 5.74) is 5.78. The maximum Gasteiger partial charge on any atom is 0.248 e. The zero-order chi connectivity index (χ0) is 11.6. The predicted molar refractivity (Wildman–Crippen MR) is 58.2 cm³/mol. The molecule has 0 unspecified atom stereocenters. The van der Waals surface area contributed by atoms with Crippen molar-refractivity contribution in [3.05, 3.63) is 29.8 Å². The first-order valence-electron chi connectivity index (χ1n) is 4.16. The van der Waals surface area contributed by atoms with Crippen LogP contribution in [0.1, 0.15) is 10.4 Å². The second-order valence-corrected chi connectivity index (χ2v) is 5.16. The van der Waals surface area contributed by atoms with E-state index in [2.05, 4.69) is 0 Å². The number of nitrogens with zero attached hydrogens (tertiary/aromatic N) is 1. The molecule has 1 aromatic carbocycles. The van der Waals surface area contributed by atoms with Gasteiger partial charge in [-0.3, -0.25) is 9.10 Å². The Morgan fingerprint density at radius 3 is 2.47 bits per heavy atom. The van der Waals surface area contributed by atoms with Crippen molar-refractivity contribution < 1.29 is 13.2 Å². The first-order chi connectivity index (χ1) is 6.82. The summed E-state index contributed by atoms with van der Waals surface area (Å²) in [5.74, 6) is -0.584. The van der Waals surface area contributed by atoms with Gasteiger partial charge >= 0.3 is 0 Å². The molecule has 1 aromatic rings. The van der Waals surface area contributed by atoms with Crippen LogP contribution < -0.4 is 10.0 Å². The quantitative estimate of drug-likeness (QED) is 0.801. The number of anilines is 1. The minimum absolute atomic E-state index is 0.281. The molecule has 2 N–H and O–H groups in total. The summed E-state index contributed by atoms with van der Waals surface area (Å²) in [4.78, 5) is 10.9. The fourth-order valence-corrected chi connectivity index (χ4v) is 1.54. The Bertz CT molecular complexity index is 482. The number of hydrogen-bond acceptors (Lipinski definition) is 3. The van der Waals surface area contributed by atoms with Gasteiger partial charge in [0.2, 0.25) is 15.9 Å². The standard InChI is InChI=1S/C9H12N2O3S/c1-11(15(2,13)14)8-5-3-4-7(6-8)9(10)12/h3-6H,1-2H3,(H2,10,12). The predicted octanol–water partition coefficient (Wildman–Crippen LogP) is 0.181. The molecule has 1 amide bonds. The lowest BCUT2D eigenvalue weighted by atomic mass is 10.2. The number of primary amides is 1. The maximum absolute atomic E-state index is 11.2. The van der Waals surface area contributed by atoms with Crippen molar-refractivity contribution >= 4 is 21.6 Å². The van der Waals surface area contributed by atoms with E-state index in [1.165, 1.54) is 19.2 Å². The number of benzene rings is 1. The fourth-order valence-electron chi connectivity index (χ4n) is 1.05. The summed E-state index contributed by atoms with van der Waals surface area (Å²) < 4.78 is 23.5. The average molecular weight is 228 g/mol. The molecule has 0 radical (unpaired) electrons. The van der Waals surface area contributed by atoms with Gasteiger partial charge in [0.1, 0.15) is 0 Å². The second-order valence-electron chi connectivity index (χ2n) is 3.15. The lowest BCUT2D eigenvalue weighted by Crippen LogP contribution is -2.25. The van der Waals surface area contributed by atoms with Crippen molar-refractivity contribution in [2.24, 2.45) is 5.73 Å². The highest BCUT2D eigenvalue weighted by molar-refractivity contribution is 7.92. The number of rotatable bonds is 3. The van der Waals surface area contributed by atoms with Crippen LogP contribution in [0.3, 0.4) is 0 Å². The third-order valence-electron chi connectivity index (χ3n) is 1.99. The van der Waals surface area contributed by atoms with E-state index < -0.39 is 15.9 Å². The van der Waals surface area contributed by atoms with Gasteiger partial charge in [0, 0.05) is 12.6 Å². The number of nitrogens with two attached hydrogens (primary N) is 1. The van der Waals surface area contributed by atoms with Crippen LogP contribution in [-0.4, -0.2) is 27.6 Å². The van der Waals surface area contributed by atoms with Crippen LogP contribution in [0.5, 0.6) is 0 Å². The molecule has 1 rings (SSSR count). The molecule has 15 heavy (non-hydrogen) atoms. The summed E-state index contributed by atoms with van der Waals surface area (Å²) in [6.45, 7) is 0. The minimum Gasteiger partial charge on any atom is -0.366 e. The van der Waals surface area contributed by atoms with Crippen LogP contribution in [0.2, 0.25) is 0 Å². The third kappa shape index (κ3) is 2.69. The molecule has 0 aliphatic heterocycles. The number of hydrogen-bond donors (Lipinski definition) is 1. The molecule has 0 spiro atoms. The van der Waals surface area contributed by atoms with E-state index in [4.69, 9.17) is 5.73 Å². The van der Waals surface area contributed by atoms with Crippen molar-refractivity contribution in [3.8, 4) is 0 Å². The first-order valence-corrected chi connectivity index (χ1v) is 6.01. The van der Waals surface area contributed by atoms with Crippen LogP contribution in [0.25, 0.3) is 0 Å². The highest BCUT2D eigenvalue weighted by Crippen LogP contribution is 2.16. The van der Waals surface area contributed by atoms with Crippen LogP contribution >= 0.6 is 0 Å². The molecule has 0 saturated carbocycles. The van der Waals surface area contributed by atoms with Crippen molar-refractivity contribution in [2.75, 3.05) is 17.6 Å². The van der Waals surface area contributed by atoms with Crippen molar-refractivity contribution in [3.63, 3.8) is 0 Å². The monoisotopic (exact) mass is 228 g/mol. The van der Waals surface area contributed by atoms with Crippen molar-refractivity contribution in [2.45, 2.75) is 0 Å². The zero-order valence-electron chi connectivity index (χ0n) is 8.47. The molecule has 0 atom stereocenters.